The summed E-state index contributed by atoms with van der Waals surface area (Å²) in [5.41, 5.74) is 0. The van der Waals surface area contributed by atoms with Crippen molar-refractivity contribution < 1.29 is 19.4 Å². The molecular formula is C10H18N2O4. The first-order chi connectivity index (χ1) is 7.54. The van der Waals surface area contributed by atoms with E-state index in [0.717, 1.165) is 0 Å². The van der Waals surface area contributed by atoms with Crippen LogP contribution in [0.25, 0.3) is 0 Å². The number of amides is 2. The van der Waals surface area contributed by atoms with Gasteiger partial charge in [0, 0.05) is 39.7 Å². The molecule has 6 heteroatoms. The maximum Gasteiger partial charge on any atom is 0.319 e. The first-order valence-electron chi connectivity index (χ1n) is 5.25. The first-order valence-corrected chi connectivity index (χ1v) is 5.25. The lowest BCUT2D eigenvalue weighted by Crippen LogP contribution is -2.54. The molecule has 92 valence electrons. The highest BCUT2D eigenvalue weighted by Crippen LogP contribution is 2.20. The Morgan fingerprint density at radius 1 is 1.50 bits per heavy atom. The second kappa shape index (κ2) is 5.69. The molecule has 0 spiro atoms. The number of likely N-dealkylation sites (tertiary alicyclic amines) is 1. The third-order valence-electron chi connectivity index (χ3n) is 2.65. The van der Waals surface area contributed by atoms with Gasteiger partial charge < -0.3 is 19.6 Å². The largest absolute Gasteiger partial charge is 0.481 e. The second-order valence-electron chi connectivity index (χ2n) is 4.07. The van der Waals surface area contributed by atoms with Gasteiger partial charge in [0.25, 0.3) is 0 Å². The minimum atomic E-state index is -0.801. The summed E-state index contributed by atoms with van der Waals surface area (Å²) in [4.78, 5) is 25.4. The normalized spacial score (nSPS) is 15.8. The molecule has 0 aromatic heterocycles. The SMILES string of the molecule is COCCN(C)C(=O)N1CC(CC(=O)O)C1. The van der Waals surface area contributed by atoms with Crippen LogP contribution in [0.15, 0.2) is 0 Å². The molecule has 1 aliphatic heterocycles. The minimum absolute atomic E-state index is 0.0568. The summed E-state index contributed by atoms with van der Waals surface area (Å²) >= 11 is 0. The first kappa shape index (κ1) is 12.8. The van der Waals surface area contributed by atoms with Crippen molar-refractivity contribution in [2.75, 3.05) is 40.4 Å². The Labute approximate surface area is 94.8 Å². The van der Waals surface area contributed by atoms with E-state index in [9.17, 15) is 9.59 Å². The molecule has 1 fully saturated rings. The fourth-order valence-electron chi connectivity index (χ4n) is 1.67. The Hall–Kier alpha value is -1.30. The summed E-state index contributed by atoms with van der Waals surface area (Å²) < 4.78 is 4.88. The molecule has 16 heavy (non-hydrogen) atoms. The molecule has 0 atom stereocenters. The van der Waals surface area contributed by atoms with Gasteiger partial charge in [-0.2, -0.15) is 0 Å². The van der Waals surface area contributed by atoms with Gasteiger partial charge in [-0.15, -0.1) is 0 Å². The molecule has 0 bridgehead atoms. The Morgan fingerprint density at radius 3 is 2.62 bits per heavy atom. The quantitative estimate of drug-likeness (QED) is 0.726. The van der Waals surface area contributed by atoms with Crippen molar-refractivity contribution in [3.63, 3.8) is 0 Å². The molecule has 0 radical (unpaired) electrons. The molecule has 1 N–H and O–H groups in total. The number of nitrogens with zero attached hydrogens (tertiary/aromatic N) is 2. The van der Waals surface area contributed by atoms with Crippen molar-refractivity contribution in [2.24, 2.45) is 5.92 Å². The van der Waals surface area contributed by atoms with Gasteiger partial charge in [-0.05, 0) is 0 Å². The topological polar surface area (TPSA) is 70.1 Å². The van der Waals surface area contributed by atoms with Crippen molar-refractivity contribution in [3.05, 3.63) is 0 Å². The molecule has 0 aliphatic carbocycles. The number of urea groups is 1. The van der Waals surface area contributed by atoms with Crippen molar-refractivity contribution in [3.8, 4) is 0 Å². The molecule has 0 aromatic rings. The monoisotopic (exact) mass is 230 g/mol. The predicted molar refractivity (Wildman–Crippen MR) is 57.2 cm³/mol. The molecule has 1 rings (SSSR count). The molecular weight excluding hydrogens is 212 g/mol. The maximum absolute atomic E-state index is 11.7. The van der Waals surface area contributed by atoms with Crippen LogP contribution in [0.1, 0.15) is 6.42 Å². The lowest BCUT2D eigenvalue weighted by atomic mass is 9.97. The van der Waals surface area contributed by atoms with Crippen LogP contribution in [0.3, 0.4) is 0 Å². The summed E-state index contributed by atoms with van der Waals surface area (Å²) in [6.45, 7) is 2.15. The van der Waals surface area contributed by atoms with Crippen LogP contribution in [-0.4, -0.2) is 67.3 Å². The van der Waals surface area contributed by atoms with Gasteiger partial charge in [-0.3, -0.25) is 4.79 Å². The van der Waals surface area contributed by atoms with Crippen LogP contribution in [0, 0.1) is 5.92 Å². The number of ether oxygens (including phenoxy) is 1. The minimum Gasteiger partial charge on any atom is -0.481 e. The highest BCUT2D eigenvalue weighted by atomic mass is 16.5. The van der Waals surface area contributed by atoms with Crippen LogP contribution >= 0.6 is 0 Å². The highest BCUT2D eigenvalue weighted by Gasteiger charge is 2.33. The fraction of sp³-hybridized carbons (Fsp3) is 0.800. The van der Waals surface area contributed by atoms with E-state index in [2.05, 4.69) is 0 Å². The summed E-state index contributed by atoms with van der Waals surface area (Å²) in [7, 11) is 3.30. The van der Waals surface area contributed by atoms with Gasteiger partial charge in [-0.1, -0.05) is 0 Å². The Balaban J connectivity index is 2.23. The number of methoxy groups -OCH3 is 1. The zero-order chi connectivity index (χ0) is 12.1. The number of hydrogen-bond acceptors (Lipinski definition) is 3. The van der Waals surface area contributed by atoms with Gasteiger partial charge in [0.1, 0.15) is 0 Å². The molecule has 1 saturated heterocycles. The summed E-state index contributed by atoms with van der Waals surface area (Å²) in [6.07, 6.45) is 0.144. The number of carboxylic acids is 1. The molecule has 2 amide bonds. The van der Waals surface area contributed by atoms with E-state index in [1.54, 1.807) is 24.0 Å². The lowest BCUT2D eigenvalue weighted by Gasteiger charge is -2.40. The average molecular weight is 230 g/mol. The van der Waals surface area contributed by atoms with E-state index in [1.165, 1.54) is 0 Å². The maximum atomic E-state index is 11.7. The standard InChI is InChI=1S/C10H18N2O4/c1-11(3-4-16-2)10(15)12-6-8(7-12)5-9(13)14/h8H,3-7H2,1-2H3,(H,13,14). The van der Waals surface area contributed by atoms with E-state index in [1.807, 2.05) is 0 Å². The van der Waals surface area contributed by atoms with Crippen LogP contribution in [0.4, 0.5) is 4.79 Å². The highest BCUT2D eigenvalue weighted by molar-refractivity contribution is 5.75. The lowest BCUT2D eigenvalue weighted by molar-refractivity contribution is -0.139. The fourth-order valence-corrected chi connectivity index (χ4v) is 1.67. The van der Waals surface area contributed by atoms with Crippen molar-refractivity contribution in [1.82, 2.24) is 9.80 Å². The molecule has 1 heterocycles. The van der Waals surface area contributed by atoms with Crippen LogP contribution < -0.4 is 0 Å². The third-order valence-corrected chi connectivity index (χ3v) is 2.65. The summed E-state index contributed by atoms with van der Waals surface area (Å²) in [6, 6.07) is -0.0568. The van der Waals surface area contributed by atoms with Gasteiger partial charge in [0.2, 0.25) is 0 Å². The van der Waals surface area contributed by atoms with E-state index in [4.69, 9.17) is 9.84 Å². The number of likely N-dealkylation sites (N-methyl/N-ethyl adjacent to an activating group) is 1. The summed E-state index contributed by atoms with van der Waals surface area (Å²) in [5, 5.41) is 8.57. The average Bonchev–Trinajstić information content (AvgIpc) is 2.18. The zero-order valence-electron chi connectivity index (χ0n) is 9.68. The zero-order valence-corrected chi connectivity index (χ0v) is 9.68. The van der Waals surface area contributed by atoms with E-state index in [-0.39, 0.29) is 18.4 Å². The van der Waals surface area contributed by atoms with Crippen molar-refractivity contribution in [1.29, 1.82) is 0 Å². The van der Waals surface area contributed by atoms with Gasteiger partial charge in [-0.25, -0.2) is 4.79 Å². The van der Waals surface area contributed by atoms with Crippen LogP contribution in [0.2, 0.25) is 0 Å². The van der Waals surface area contributed by atoms with Gasteiger partial charge >= 0.3 is 12.0 Å². The number of aliphatic carboxylic acids is 1. The predicted octanol–water partition coefficient (Wildman–Crippen LogP) is 0.0911. The summed E-state index contributed by atoms with van der Waals surface area (Å²) in [5.74, 6) is -0.692. The Bertz CT molecular complexity index is 264. The van der Waals surface area contributed by atoms with E-state index >= 15 is 0 Å². The van der Waals surface area contributed by atoms with Crippen molar-refractivity contribution in [2.45, 2.75) is 6.42 Å². The van der Waals surface area contributed by atoms with E-state index < -0.39 is 5.97 Å². The molecule has 0 unspecified atom stereocenters. The van der Waals surface area contributed by atoms with Gasteiger partial charge in [0.15, 0.2) is 0 Å². The van der Waals surface area contributed by atoms with Crippen molar-refractivity contribution >= 4 is 12.0 Å². The molecule has 1 aliphatic rings. The Morgan fingerprint density at radius 2 is 2.12 bits per heavy atom. The molecule has 6 nitrogen and oxygen atoms in total. The third kappa shape index (κ3) is 3.37. The van der Waals surface area contributed by atoms with E-state index in [0.29, 0.717) is 26.2 Å². The Kier molecular flexibility index (Phi) is 4.54. The van der Waals surface area contributed by atoms with Crippen LogP contribution in [-0.2, 0) is 9.53 Å². The molecule has 0 saturated carbocycles. The number of carbonyl (C=O) groups excluding carboxylic acids is 1. The van der Waals surface area contributed by atoms with Gasteiger partial charge in [0.05, 0.1) is 13.0 Å². The number of rotatable bonds is 5. The van der Waals surface area contributed by atoms with Crippen LogP contribution in [0.5, 0.6) is 0 Å². The number of carbonyl (C=O) groups is 2. The second-order valence-corrected chi connectivity index (χ2v) is 4.07. The number of carboxylic acid groups (broad SMARTS) is 1. The molecule has 0 aromatic carbocycles. The number of hydrogen-bond donors (Lipinski definition) is 1. The smallest absolute Gasteiger partial charge is 0.319 e.